The van der Waals surface area contributed by atoms with E-state index in [0.717, 1.165) is 31.4 Å². The van der Waals surface area contributed by atoms with Crippen molar-refractivity contribution in [1.82, 2.24) is 10.2 Å². The molecule has 1 aromatic carbocycles. The minimum absolute atomic E-state index is 0.0508. The average molecular weight is 448 g/mol. The van der Waals surface area contributed by atoms with Crippen molar-refractivity contribution in [3.8, 4) is 0 Å². The first kappa shape index (κ1) is 21.4. The zero-order valence-corrected chi connectivity index (χ0v) is 17.9. The van der Waals surface area contributed by atoms with Crippen molar-refractivity contribution in [2.45, 2.75) is 56.9 Å². The van der Waals surface area contributed by atoms with E-state index in [9.17, 15) is 18.0 Å². The third-order valence-corrected chi connectivity index (χ3v) is 7.27. The number of carbonyl (C=O) groups excluding carboxylic acids is 1. The van der Waals surface area contributed by atoms with Gasteiger partial charge in [-0.1, -0.05) is 12.8 Å². The van der Waals surface area contributed by atoms with Gasteiger partial charge in [-0.05, 0) is 55.2 Å². The Morgan fingerprint density at radius 2 is 1.97 bits per heavy atom. The van der Waals surface area contributed by atoms with Crippen molar-refractivity contribution in [3.05, 3.63) is 53.5 Å². The summed E-state index contributed by atoms with van der Waals surface area (Å²) in [5.74, 6) is 0.111. The molecule has 0 unspecified atom stereocenters. The second-order valence-corrected chi connectivity index (χ2v) is 9.14. The molecule has 1 aromatic heterocycles. The quantitative estimate of drug-likeness (QED) is 0.763. The molecule has 1 aliphatic carbocycles. The number of furan rings is 1. The summed E-state index contributed by atoms with van der Waals surface area (Å²) in [6, 6.07) is 8.04. The Morgan fingerprint density at radius 3 is 2.69 bits per heavy atom. The summed E-state index contributed by atoms with van der Waals surface area (Å²) < 4.78 is 45.3. The second-order valence-electron chi connectivity index (χ2n) is 9.14. The number of nitrogens with one attached hydrogen (secondary N) is 1. The lowest BCUT2D eigenvalue weighted by molar-refractivity contribution is -0.137. The number of hydrogen-bond acceptors (Lipinski definition) is 4. The van der Waals surface area contributed by atoms with Crippen LogP contribution in [0.2, 0.25) is 0 Å². The number of alkyl halides is 3. The molecule has 8 heteroatoms. The summed E-state index contributed by atoms with van der Waals surface area (Å²) in [5, 5.41) is 2.95. The van der Waals surface area contributed by atoms with Crippen LogP contribution in [0.3, 0.4) is 0 Å². The third-order valence-electron chi connectivity index (χ3n) is 7.27. The van der Waals surface area contributed by atoms with Crippen LogP contribution in [-0.2, 0) is 23.9 Å². The van der Waals surface area contributed by atoms with E-state index in [4.69, 9.17) is 4.42 Å². The van der Waals surface area contributed by atoms with E-state index in [1.165, 1.54) is 31.7 Å². The second kappa shape index (κ2) is 8.46. The highest BCUT2D eigenvalue weighted by Crippen LogP contribution is 2.40. The van der Waals surface area contributed by atoms with Gasteiger partial charge in [-0.25, -0.2) is 0 Å². The maximum atomic E-state index is 13.3. The van der Waals surface area contributed by atoms with E-state index in [1.807, 2.05) is 0 Å². The largest absolute Gasteiger partial charge is 0.467 e. The van der Waals surface area contributed by atoms with Crippen molar-refractivity contribution in [2.75, 3.05) is 24.5 Å². The summed E-state index contributed by atoms with van der Waals surface area (Å²) in [6.45, 7) is 2.64. The van der Waals surface area contributed by atoms with E-state index in [2.05, 4.69) is 15.1 Å². The van der Waals surface area contributed by atoms with Gasteiger partial charge in [-0.3, -0.25) is 9.69 Å². The number of carbonyl (C=O) groups is 1. The van der Waals surface area contributed by atoms with Gasteiger partial charge in [0.05, 0.1) is 30.3 Å². The fourth-order valence-electron chi connectivity index (χ4n) is 5.64. The first-order valence-corrected chi connectivity index (χ1v) is 11.4. The molecule has 1 N–H and O–H groups in total. The monoisotopic (exact) mass is 447 g/mol. The van der Waals surface area contributed by atoms with Gasteiger partial charge >= 0.3 is 6.18 Å². The molecule has 5 rings (SSSR count). The Balaban J connectivity index is 1.42. The van der Waals surface area contributed by atoms with Crippen molar-refractivity contribution < 1.29 is 22.4 Å². The van der Waals surface area contributed by atoms with Crippen molar-refractivity contribution in [2.24, 2.45) is 5.92 Å². The average Bonchev–Trinajstić information content (AvgIpc) is 3.50. The summed E-state index contributed by atoms with van der Waals surface area (Å²) >= 11 is 0. The number of hydrogen-bond donors (Lipinski definition) is 1. The van der Waals surface area contributed by atoms with Crippen LogP contribution in [0, 0.1) is 5.92 Å². The van der Waals surface area contributed by atoms with Gasteiger partial charge in [-0.15, -0.1) is 0 Å². The minimum atomic E-state index is -4.40. The van der Waals surface area contributed by atoms with E-state index in [-0.39, 0.29) is 18.5 Å². The number of rotatable bonds is 4. The van der Waals surface area contributed by atoms with Crippen molar-refractivity contribution in [1.29, 1.82) is 0 Å². The van der Waals surface area contributed by atoms with Crippen LogP contribution in [0.5, 0.6) is 0 Å². The standard InChI is InChI=1S/C24H28F3N3O2/c25-24(26,27)17-7-8-21-16(12-17)13-20(23(31)28-14-19-6-3-11-32-19)22-15-29(9-10-30(21)22)18-4-1-2-5-18/h3,6-8,11-12,18,20,22H,1-2,4-5,9-10,13-15H2,(H,28,31)/t20-,22-/m1/s1. The van der Waals surface area contributed by atoms with Gasteiger partial charge in [-0.2, -0.15) is 13.2 Å². The van der Waals surface area contributed by atoms with Gasteiger partial charge in [0.1, 0.15) is 5.76 Å². The molecule has 0 radical (unpaired) electrons. The normalized spacial score (nSPS) is 24.3. The van der Waals surface area contributed by atoms with Gasteiger partial charge in [0, 0.05) is 31.4 Å². The molecule has 2 aliphatic heterocycles. The number of nitrogens with zero attached hydrogens (tertiary/aromatic N) is 2. The fourth-order valence-corrected chi connectivity index (χ4v) is 5.64. The minimum Gasteiger partial charge on any atom is -0.467 e. The highest BCUT2D eigenvalue weighted by atomic mass is 19.4. The predicted octanol–water partition coefficient (Wildman–Crippen LogP) is 4.22. The molecule has 1 saturated carbocycles. The molecule has 0 spiro atoms. The molecular weight excluding hydrogens is 419 g/mol. The molecule has 5 nitrogen and oxygen atoms in total. The molecule has 172 valence electrons. The molecule has 32 heavy (non-hydrogen) atoms. The first-order valence-electron chi connectivity index (χ1n) is 11.4. The van der Waals surface area contributed by atoms with E-state index in [0.29, 0.717) is 23.8 Å². The van der Waals surface area contributed by atoms with Gasteiger partial charge < -0.3 is 14.6 Å². The third kappa shape index (κ3) is 4.12. The van der Waals surface area contributed by atoms with Crippen LogP contribution in [-0.4, -0.2) is 42.5 Å². The van der Waals surface area contributed by atoms with Gasteiger partial charge in [0.25, 0.3) is 0 Å². The highest BCUT2D eigenvalue weighted by Gasteiger charge is 2.43. The number of benzene rings is 1. The summed E-state index contributed by atoms with van der Waals surface area (Å²) in [5.41, 5.74) is 0.779. The van der Waals surface area contributed by atoms with Crippen LogP contribution in [0.4, 0.5) is 18.9 Å². The molecule has 2 aromatic rings. The zero-order valence-electron chi connectivity index (χ0n) is 17.9. The predicted molar refractivity (Wildman–Crippen MR) is 114 cm³/mol. The Labute approximate surface area is 185 Å². The SMILES string of the molecule is O=C(NCc1ccco1)[C@@H]1Cc2cc(C(F)(F)F)ccc2N2CCN(C3CCCC3)C[C@H]12. The number of amides is 1. The van der Waals surface area contributed by atoms with Crippen LogP contribution >= 0.6 is 0 Å². The molecule has 0 bridgehead atoms. The van der Waals surface area contributed by atoms with E-state index in [1.54, 1.807) is 24.5 Å². The Hall–Kier alpha value is -2.48. The number of piperazine rings is 1. The van der Waals surface area contributed by atoms with Crippen molar-refractivity contribution in [3.63, 3.8) is 0 Å². The fraction of sp³-hybridized carbons (Fsp3) is 0.542. The number of fused-ring (bicyclic) bond motifs is 3. The van der Waals surface area contributed by atoms with E-state index < -0.39 is 17.7 Å². The summed E-state index contributed by atoms with van der Waals surface area (Å²) in [6.07, 6.45) is 2.32. The molecule has 3 aliphatic rings. The Bertz CT molecular complexity index is 954. The Kier molecular flexibility index (Phi) is 5.65. The zero-order chi connectivity index (χ0) is 22.3. The summed E-state index contributed by atoms with van der Waals surface area (Å²) in [7, 11) is 0. The van der Waals surface area contributed by atoms with Crippen LogP contribution in [0.1, 0.15) is 42.6 Å². The molecule has 1 amide bonds. The van der Waals surface area contributed by atoms with Crippen LogP contribution in [0.15, 0.2) is 41.0 Å². The highest BCUT2D eigenvalue weighted by molar-refractivity contribution is 5.82. The number of halogens is 3. The molecule has 1 saturated heterocycles. The number of anilines is 1. The first-order chi connectivity index (χ1) is 15.4. The maximum Gasteiger partial charge on any atom is 0.416 e. The van der Waals surface area contributed by atoms with Gasteiger partial charge in [0.15, 0.2) is 0 Å². The lowest BCUT2D eigenvalue weighted by Gasteiger charge is -2.50. The molecule has 2 fully saturated rings. The van der Waals surface area contributed by atoms with E-state index >= 15 is 0 Å². The smallest absolute Gasteiger partial charge is 0.416 e. The van der Waals surface area contributed by atoms with Crippen LogP contribution in [0.25, 0.3) is 0 Å². The topological polar surface area (TPSA) is 48.7 Å². The molecule has 3 heterocycles. The summed E-state index contributed by atoms with van der Waals surface area (Å²) in [4.78, 5) is 17.9. The molecular formula is C24H28F3N3O2. The lowest BCUT2D eigenvalue weighted by Crippen LogP contribution is -2.62. The maximum absolute atomic E-state index is 13.3. The lowest BCUT2D eigenvalue weighted by atomic mass is 9.82. The molecule has 2 atom stereocenters. The van der Waals surface area contributed by atoms with Crippen LogP contribution < -0.4 is 10.2 Å². The Morgan fingerprint density at radius 1 is 1.16 bits per heavy atom. The van der Waals surface area contributed by atoms with Gasteiger partial charge in [0.2, 0.25) is 5.91 Å². The van der Waals surface area contributed by atoms with Crippen molar-refractivity contribution >= 4 is 11.6 Å².